The molecule has 8 nitrogen and oxygen atoms in total. The third-order valence-electron chi connectivity index (χ3n) is 3.21. The number of alkyl carbamates (subject to hydrolysis) is 1. The third kappa shape index (κ3) is 5.97. The second kappa shape index (κ2) is 7.53. The summed E-state index contributed by atoms with van der Waals surface area (Å²) in [5.74, 6) is 0.552. The molecule has 1 aromatic heterocycles. The van der Waals surface area contributed by atoms with E-state index in [-0.39, 0.29) is 6.61 Å². The van der Waals surface area contributed by atoms with E-state index in [2.05, 4.69) is 20.7 Å². The number of aliphatic hydroxyl groups excluding tert-OH is 1. The van der Waals surface area contributed by atoms with Crippen molar-refractivity contribution < 1.29 is 14.6 Å². The van der Waals surface area contributed by atoms with Gasteiger partial charge >= 0.3 is 6.09 Å². The standard InChI is InChI=1S/C14H27N5O3/c1-6-7-14(10-20,8-11-16-18-19(5)17-11)9-15-12(21)22-13(2,3)4/h20H,6-10H2,1-5H3,(H,15,21). The summed E-state index contributed by atoms with van der Waals surface area (Å²) in [4.78, 5) is 13.2. The van der Waals surface area contributed by atoms with Crippen LogP contribution in [0.3, 0.4) is 0 Å². The number of nitrogens with zero attached hydrogens (tertiary/aromatic N) is 4. The summed E-state index contributed by atoms with van der Waals surface area (Å²) in [5, 5.41) is 24.5. The van der Waals surface area contributed by atoms with Gasteiger partial charge in [0, 0.05) is 18.4 Å². The van der Waals surface area contributed by atoms with Crippen molar-refractivity contribution in [1.29, 1.82) is 0 Å². The van der Waals surface area contributed by atoms with Gasteiger partial charge < -0.3 is 15.2 Å². The zero-order valence-corrected chi connectivity index (χ0v) is 14.1. The van der Waals surface area contributed by atoms with E-state index < -0.39 is 17.1 Å². The molecule has 2 N–H and O–H groups in total. The van der Waals surface area contributed by atoms with Crippen molar-refractivity contribution in [2.75, 3.05) is 13.2 Å². The molecule has 0 aromatic carbocycles. The normalized spacial score (nSPS) is 14.5. The first-order valence-corrected chi connectivity index (χ1v) is 7.50. The number of aryl methyl sites for hydroxylation is 1. The molecule has 0 aliphatic heterocycles. The highest BCUT2D eigenvalue weighted by atomic mass is 16.6. The number of amides is 1. The molecule has 1 heterocycles. The summed E-state index contributed by atoms with van der Waals surface area (Å²) in [6.07, 6.45) is 1.56. The van der Waals surface area contributed by atoms with Crippen molar-refractivity contribution >= 4 is 6.09 Å². The highest BCUT2D eigenvalue weighted by Gasteiger charge is 2.32. The van der Waals surface area contributed by atoms with Gasteiger partial charge in [0.05, 0.1) is 13.7 Å². The zero-order valence-electron chi connectivity index (χ0n) is 14.1. The van der Waals surface area contributed by atoms with Crippen LogP contribution in [0.15, 0.2) is 0 Å². The quantitative estimate of drug-likeness (QED) is 0.780. The number of rotatable bonds is 7. The van der Waals surface area contributed by atoms with Crippen LogP contribution in [0.5, 0.6) is 0 Å². The number of carbonyl (C=O) groups is 1. The molecule has 0 bridgehead atoms. The minimum absolute atomic E-state index is 0.0745. The van der Waals surface area contributed by atoms with Gasteiger partial charge in [0.1, 0.15) is 5.60 Å². The van der Waals surface area contributed by atoms with Crippen molar-refractivity contribution in [2.24, 2.45) is 12.5 Å². The van der Waals surface area contributed by atoms with E-state index in [1.54, 1.807) is 27.8 Å². The van der Waals surface area contributed by atoms with Crippen LogP contribution in [0.4, 0.5) is 4.79 Å². The highest BCUT2D eigenvalue weighted by Crippen LogP contribution is 2.26. The van der Waals surface area contributed by atoms with Crippen molar-refractivity contribution in [3.8, 4) is 0 Å². The molecule has 1 amide bonds. The van der Waals surface area contributed by atoms with Crippen molar-refractivity contribution in [1.82, 2.24) is 25.5 Å². The molecule has 22 heavy (non-hydrogen) atoms. The predicted molar refractivity (Wildman–Crippen MR) is 81.2 cm³/mol. The molecule has 8 heteroatoms. The number of carbonyl (C=O) groups excluding carboxylic acids is 1. The predicted octanol–water partition coefficient (Wildman–Crippen LogP) is 1.06. The highest BCUT2D eigenvalue weighted by molar-refractivity contribution is 5.67. The topological polar surface area (TPSA) is 102 Å². The molecule has 1 rings (SSSR count). The summed E-state index contributed by atoms with van der Waals surface area (Å²) < 4.78 is 5.23. The lowest BCUT2D eigenvalue weighted by Gasteiger charge is -2.31. The van der Waals surface area contributed by atoms with E-state index in [1.807, 2.05) is 6.92 Å². The fourth-order valence-electron chi connectivity index (χ4n) is 2.26. The van der Waals surface area contributed by atoms with E-state index in [4.69, 9.17) is 4.74 Å². The molecule has 0 aliphatic rings. The van der Waals surface area contributed by atoms with E-state index in [9.17, 15) is 9.90 Å². The van der Waals surface area contributed by atoms with Crippen molar-refractivity contribution in [3.05, 3.63) is 5.82 Å². The Kier molecular flexibility index (Phi) is 6.28. The molecule has 0 radical (unpaired) electrons. The number of tetrazole rings is 1. The molecular formula is C14H27N5O3. The number of nitrogens with one attached hydrogen (secondary N) is 1. The average molecular weight is 313 g/mol. The zero-order chi connectivity index (χ0) is 16.8. The van der Waals surface area contributed by atoms with Gasteiger partial charge in [0.25, 0.3) is 0 Å². The van der Waals surface area contributed by atoms with Gasteiger partial charge in [0.2, 0.25) is 0 Å². The van der Waals surface area contributed by atoms with Gasteiger partial charge in [0.15, 0.2) is 5.82 Å². The Balaban J connectivity index is 2.72. The fraction of sp³-hybridized carbons (Fsp3) is 0.857. The maximum Gasteiger partial charge on any atom is 0.407 e. The number of hydrogen-bond acceptors (Lipinski definition) is 6. The Hall–Kier alpha value is -1.70. The molecular weight excluding hydrogens is 286 g/mol. The van der Waals surface area contributed by atoms with Crippen LogP contribution in [-0.2, 0) is 18.2 Å². The largest absolute Gasteiger partial charge is 0.444 e. The summed E-state index contributed by atoms with van der Waals surface area (Å²) >= 11 is 0. The lowest BCUT2D eigenvalue weighted by Crippen LogP contribution is -2.43. The minimum atomic E-state index is -0.552. The van der Waals surface area contributed by atoms with Crippen LogP contribution in [0, 0.1) is 5.41 Å². The smallest absolute Gasteiger partial charge is 0.407 e. The van der Waals surface area contributed by atoms with Crippen molar-refractivity contribution in [2.45, 2.75) is 52.6 Å². The molecule has 0 spiro atoms. The molecule has 1 atom stereocenters. The van der Waals surface area contributed by atoms with Gasteiger partial charge in [-0.2, -0.15) is 4.80 Å². The molecule has 0 fully saturated rings. The van der Waals surface area contributed by atoms with Crippen LogP contribution in [-0.4, -0.2) is 50.2 Å². The first-order chi connectivity index (χ1) is 10.2. The number of ether oxygens (including phenoxy) is 1. The van der Waals surface area contributed by atoms with Crippen LogP contribution in [0.1, 0.15) is 46.4 Å². The van der Waals surface area contributed by atoms with E-state index in [1.165, 1.54) is 4.80 Å². The first kappa shape index (κ1) is 18.3. The van der Waals surface area contributed by atoms with Crippen LogP contribution < -0.4 is 5.32 Å². The van der Waals surface area contributed by atoms with Gasteiger partial charge in [-0.3, -0.25) is 0 Å². The molecule has 126 valence electrons. The lowest BCUT2D eigenvalue weighted by atomic mass is 9.80. The van der Waals surface area contributed by atoms with Crippen LogP contribution in [0.2, 0.25) is 0 Å². The molecule has 1 aromatic rings. The van der Waals surface area contributed by atoms with E-state index in [0.29, 0.717) is 18.8 Å². The lowest BCUT2D eigenvalue weighted by molar-refractivity contribution is 0.0453. The summed E-state index contributed by atoms with van der Waals surface area (Å²) in [6, 6.07) is 0. The third-order valence-corrected chi connectivity index (χ3v) is 3.21. The second-order valence-electron chi connectivity index (χ2n) is 6.64. The van der Waals surface area contributed by atoms with Gasteiger partial charge in [-0.25, -0.2) is 4.79 Å². The Bertz CT molecular complexity index is 483. The first-order valence-electron chi connectivity index (χ1n) is 7.50. The van der Waals surface area contributed by atoms with E-state index in [0.717, 1.165) is 12.8 Å². The van der Waals surface area contributed by atoms with E-state index >= 15 is 0 Å². The SMILES string of the molecule is CCCC(CO)(CNC(=O)OC(C)(C)C)Cc1nnn(C)n1. The van der Waals surface area contributed by atoms with Crippen molar-refractivity contribution in [3.63, 3.8) is 0 Å². The second-order valence-corrected chi connectivity index (χ2v) is 6.64. The maximum absolute atomic E-state index is 11.8. The van der Waals surface area contributed by atoms with Gasteiger partial charge in [-0.05, 0) is 32.4 Å². The number of hydrogen-bond donors (Lipinski definition) is 2. The minimum Gasteiger partial charge on any atom is -0.444 e. The Labute approximate surface area is 131 Å². The van der Waals surface area contributed by atoms with Gasteiger partial charge in [-0.15, -0.1) is 10.2 Å². The average Bonchev–Trinajstić information content (AvgIpc) is 2.79. The summed E-state index contributed by atoms with van der Waals surface area (Å²) in [7, 11) is 1.69. The summed E-state index contributed by atoms with van der Waals surface area (Å²) in [5.41, 5.74) is -1.07. The van der Waals surface area contributed by atoms with Crippen LogP contribution in [0.25, 0.3) is 0 Å². The van der Waals surface area contributed by atoms with Crippen LogP contribution >= 0.6 is 0 Å². The fourth-order valence-corrected chi connectivity index (χ4v) is 2.26. The molecule has 0 saturated heterocycles. The number of aromatic nitrogens is 4. The molecule has 1 unspecified atom stereocenters. The Morgan fingerprint density at radius 3 is 2.55 bits per heavy atom. The monoisotopic (exact) mass is 313 g/mol. The molecule has 0 aliphatic carbocycles. The molecule has 0 saturated carbocycles. The van der Waals surface area contributed by atoms with Gasteiger partial charge in [-0.1, -0.05) is 13.3 Å². The number of aliphatic hydroxyl groups is 1. The Morgan fingerprint density at radius 2 is 2.09 bits per heavy atom. The maximum atomic E-state index is 11.8. The summed E-state index contributed by atoms with van der Waals surface area (Å²) in [6.45, 7) is 7.67. The Morgan fingerprint density at radius 1 is 1.41 bits per heavy atom.